The molecule has 0 radical (unpaired) electrons. The van der Waals surface area contributed by atoms with Crippen molar-refractivity contribution in [3.63, 3.8) is 0 Å². The van der Waals surface area contributed by atoms with Gasteiger partial charge in [0.15, 0.2) is 0 Å². The lowest BCUT2D eigenvalue weighted by atomic mass is 9.74. The van der Waals surface area contributed by atoms with Gasteiger partial charge in [-0.15, -0.1) is 0 Å². The molecule has 4 heteroatoms. The maximum Gasteiger partial charge on any atom is 0.410 e. The van der Waals surface area contributed by atoms with Crippen molar-refractivity contribution in [2.75, 3.05) is 13.1 Å². The maximum atomic E-state index is 12.8. The van der Waals surface area contributed by atoms with Crippen LogP contribution in [-0.4, -0.2) is 41.9 Å². The van der Waals surface area contributed by atoms with E-state index in [0.717, 1.165) is 38.8 Å². The van der Waals surface area contributed by atoms with Crippen LogP contribution < -0.4 is 0 Å². The minimum Gasteiger partial charge on any atom is -0.442 e. The molecule has 4 fully saturated rings. The molecule has 130 valence electrons. The molecule has 4 unspecified atom stereocenters. The van der Waals surface area contributed by atoms with E-state index in [9.17, 15) is 4.79 Å². The molecular formula is C19H31NO3. The highest BCUT2D eigenvalue weighted by Crippen LogP contribution is 2.60. The molecular weight excluding hydrogens is 290 g/mol. The van der Waals surface area contributed by atoms with Crippen LogP contribution in [0, 0.1) is 17.3 Å². The molecule has 4 aliphatic rings. The summed E-state index contributed by atoms with van der Waals surface area (Å²) < 4.78 is 12.4. The van der Waals surface area contributed by atoms with Crippen molar-refractivity contribution >= 4 is 6.09 Å². The summed E-state index contributed by atoms with van der Waals surface area (Å²) in [6.07, 6.45) is 8.60. The molecule has 3 saturated heterocycles. The fraction of sp³-hybridized carbons (Fsp3) is 0.947. The van der Waals surface area contributed by atoms with E-state index >= 15 is 0 Å². The molecule has 4 atom stereocenters. The highest BCUT2D eigenvalue weighted by atomic mass is 16.6. The number of hydrogen-bond acceptors (Lipinski definition) is 3. The summed E-state index contributed by atoms with van der Waals surface area (Å²) in [5.74, 6) is 1.20. The second-order valence-electron chi connectivity index (χ2n) is 9.19. The van der Waals surface area contributed by atoms with Gasteiger partial charge in [-0.25, -0.2) is 4.79 Å². The van der Waals surface area contributed by atoms with Gasteiger partial charge in [-0.1, -0.05) is 20.8 Å². The van der Waals surface area contributed by atoms with Crippen molar-refractivity contribution in [1.82, 2.24) is 4.90 Å². The normalized spacial score (nSPS) is 42.8. The van der Waals surface area contributed by atoms with Crippen LogP contribution in [0.1, 0.15) is 65.7 Å². The van der Waals surface area contributed by atoms with E-state index in [0.29, 0.717) is 24.0 Å². The Morgan fingerprint density at radius 3 is 2.13 bits per heavy atom. The van der Waals surface area contributed by atoms with Gasteiger partial charge in [0, 0.05) is 18.5 Å². The monoisotopic (exact) mass is 321 g/mol. The lowest BCUT2D eigenvalue weighted by molar-refractivity contribution is -0.0903. The van der Waals surface area contributed by atoms with Gasteiger partial charge < -0.3 is 14.4 Å². The fourth-order valence-corrected chi connectivity index (χ4v) is 5.44. The Balaban J connectivity index is 1.53. The first-order valence-electron chi connectivity index (χ1n) is 9.53. The molecule has 0 aromatic rings. The van der Waals surface area contributed by atoms with E-state index < -0.39 is 0 Å². The molecule has 0 N–H and O–H groups in total. The Kier molecular flexibility index (Phi) is 3.67. The summed E-state index contributed by atoms with van der Waals surface area (Å²) in [5.41, 5.74) is -0.344. The van der Waals surface area contributed by atoms with Crippen LogP contribution in [0.2, 0.25) is 0 Å². The molecule has 4 nitrogen and oxygen atoms in total. The Morgan fingerprint density at radius 1 is 1.04 bits per heavy atom. The molecule has 0 aromatic heterocycles. The first-order chi connectivity index (χ1) is 10.9. The maximum absolute atomic E-state index is 12.8. The third kappa shape index (κ3) is 2.48. The Morgan fingerprint density at radius 2 is 1.61 bits per heavy atom. The third-order valence-electron chi connectivity index (χ3n) is 6.98. The van der Waals surface area contributed by atoms with E-state index in [1.807, 2.05) is 4.90 Å². The van der Waals surface area contributed by atoms with Crippen LogP contribution >= 0.6 is 0 Å². The van der Waals surface area contributed by atoms with Crippen LogP contribution in [0.3, 0.4) is 0 Å². The molecule has 3 aliphatic heterocycles. The number of rotatable bonds is 1. The third-order valence-corrected chi connectivity index (χ3v) is 6.98. The largest absolute Gasteiger partial charge is 0.442 e. The van der Waals surface area contributed by atoms with Crippen LogP contribution in [-0.2, 0) is 9.47 Å². The van der Waals surface area contributed by atoms with Gasteiger partial charge in [0.1, 0.15) is 5.60 Å². The Hall–Kier alpha value is -0.770. The van der Waals surface area contributed by atoms with Crippen molar-refractivity contribution in [2.24, 2.45) is 17.3 Å². The number of piperidine rings is 1. The molecule has 0 spiro atoms. The zero-order valence-electron chi connectivity index (χ0n) is 14.8. The SMILES string of the molecule is CC(C)(C)C1(OC(=O)N2CCCCC2)CC2C3CCC(O3)C2C1. The first-order valence-corrected chi connectivity index (χ1v) is 9.53. The van der Waals surface area contributed by atoms with Gasteiger partial charge in [-0.2, -0.15) is 0 Å². The molecule has 2 bridgehead atoms. The van der Waals surface area contributed by atoms with Crippen molar-refractivity contribution in [2.45, 2.75) is 83.5 Å². The van der Waals surface area contributed by atoms with Crippen molar-refractivity contribution in [3.8, 4) is 0 Å². The van der Waals surface area contributed by atoms with E-state index in [-0.39, 0.29) is 17.1 Å². The van der Waals surface area contributed by atoms with Gasteiger partial charge in [0.05, 0.1) is 12.2 Å². The predicted molar refractivity (Wildman–Crippen MR) is 88.2 cm³/mol. The molecule has 0 aromatic carbocycles. The van der Waals surface area contributed by atoms with Crippen LogP contribution in [0.15, 0.2) is 0 Å². The minimum atomic E-state index is -0.318. The number of nitrogens with zero attached hydrogens (tertiary/aromatic N) is 1. The fourth-order valence-electron chi connectivity index (χ4n) is 5.44. The zero-order valence-corrected chi connectivity index (χ0v) is 14.8. The lowest BCUT2D eigenvalue weighted by Crippen LogP contribution is -2.49. The minimum absolute atomic E-state index is 0.0256. The molecule has 4 rings (SSSR count). The van der Waals surface area contributed by atoms with Crippen molar-refractivity contribution in [3.05, 3.63) is 0 Å². The summed E-state index contributed by atoms with van der Waals surface area (Å²) in [6, 6.07) is 0. The summed E-state index contributed by atoms with van der Waals surface area (Å²) in [5, 5.41) is 0. The number of fused-ring (bicyclic) bond motifs is 5. The number of amides is 1. The topological polar surface area (TPSA) is 38.8 Å². The number of hydrogen-bond donors (Lipinski definition) is 0. The van der Waals surface area contributed by atoms with E-state index in [2.05, 4.69) is 20.8 Å². The summed E-state index contributed by atoms with van der Waals surface area (Å²) >= 11 is 0. The smallest absolute Gasteiger partial charge is 0.410 e. The van der Waals surface area contributed by atoms with Gasteiger partial charge in [0.25, 0.3) is 0 Å². The molecule has 23 heavy (non-hydrogen) atoms. The highest BCUT2D eigenvalue weighted by molar-refractivity contribution is 5.68. The van der Waals surface area contributed by atoms with Gasteiger partial charge >= 0.3 is 6.09 Å². The van der Waals surface area contributed by atoms with E-state index in [1.54, 1.807) is 0 Å². The lowest BCUT2D eigenvalue weighted by Gasteiger charge is -2.43. The molecule has 3 heterocycles. The average molecular weight is 321 g/mol. The number of carbonyl (C=O) groups excluding carboxylic acids is 1. The summed E-state index contributed by atoms with van der Waals surface area (Å²) in [6.45, 7) is 8.43. The highest BCUT2D eigenvalue weighted by Gasteiger charge is 2.63. The Labute approximate surface area is 139 Å². The van der Waals surface area contributed by atoms with Gasteiger partial charge in [-0.3, -0.25) is 0 Å². The average Bonchev–Trinajstić information content (AvgIpc) is 3.18. The number of ether oxygens (including phenoxy) is 2. The first kappa shape index (κ1) is 15.7. The second-order valence-corrected chi connectivity index (χ2v) is 9.19. The molecule has 1 amide bonds. The predicted octanol–water partition coefficient (Wildman–Crippen LogP) is 3.98. The van der Waals surface area contributed by atoms with Crippen LogP contribution in [0.5, 0.6) is 0 Å². The van der Waals surface area contributed by atoms with E-state index in [4.69, 9.17) is 9.47 Å². The van der Waals surface area contributed by atoms with Crippen molar-refractivity contribution < 1.29 is 14.3 Å². The quantitative estimate of drug-likeness (QED) is 0.733. The van der Waals surface area contributed by atoms with Crippen LogP contribution in [0.4, 0.5) is 4.79 Å². The second kappa shape index (κ2) is 5.37. The van der Waals surface area contributed by atoms with Crippen molar-refractivity contribution in [1.29, 1.82) is 0 Å². The number of carbonyl (C=O) groups is 1. The molecule has 1 saturated carbocycles. The van der Waals surface area contributed by atoms with Gasteiger partial charge in [-0.05, 0) is 56.8 Å². The Bertz CT molecular complexity index is 459. The standard InChI is InChI=1S/C19H31NO3/c1-18(2,3)19(23-17(21)20-9-5-4-6-10-20)11-13-14(12-19)16-8-7-15(13)22-16/h13-16H,4-12H2,1-3H3. The van der Waals surface area contributed by atoms with E-state index in [1.165, 1.54) is 19.3 Å². The van der Waals surface area contributed by atoms with Gasteiger partial charge in [0.2, 0.25) is 0 Å². The summed E-state index contributed by atoms with van der Waals surface area (Å²) in [4.78, 5) is 14.7. The van der Waals surface area contributed by atoms with Crippen LogP contribution in [0.25, 0.3) is 0 Å². The number of likely N-dealkylation sites (tertiary alicyclic amines) is 1. The summed E-state index contributed by atoms with van der Waals surface area (Å²) in [7, 11) is 0. The zero-order chi connectivity index (χ0) is 16.2. The molecule has 1 aliphatic carbocycles.